The van der Waals surface area contributed by atoms with Gasteiger partial charge in [0, 0.05) is 5.56 Å². The summed E-state index contributed by atoms with van der Waals surface area (Å²) in [6, 6.07) is 4.70. The molecule has 1 unspecified atom stereocenters. The molecule has 0 fully saturated rings. The smallest absolute Gasteiger partial charge is 0.157 e. The van der Waals surface area contributed by atoms with Crippen molar-refractivity contribution in [2.24, 2.45) is 0 Å². The Kier molecular flexibility index (Phi) is 2.79. The average Bonchev–Trinajstić information content (AvgIpc) is 2.74. The van der Waals surface area contributed by atoms with Crippen LogP contribution in [0.15, 0.2) is 29.0 Å². The SMILES string of the molecule is OC(c1ncn[nH]1)c1cccc(Br)c1F. The van der Waals surface area contributed by atoms with E-state index < -0.39 is 11.9 Å². The lowest BCUT2D eigenvalue weighted by Crippen LogP contribution is -2.05. The van der Waals surface area contributed by atoms with Gasteiger partial charge in [0.25, 0.3) is 0 Å². The maximum atomic E-state index is 13.6. The number of hydrogen-bond acceptors (Lipinski definition) is 3. The van der Waals surface area contributed by atoms with Crippen LogP contribution in [-0.4, -0.2) is 20.3 Å². The number of nitrogens with zero attached hydrogens (tertiary/aromatic N) is 2. The van der Waals surface area contributed by atoms with Gasteiger partial charge in [0.15, 0.2) is 5.82 Å². The zero-order chi connectivity index (χ0) is 10.8. The van der Waals surface area contributed by atoms with Crippen molar-refractivity contribution in [1.82, 2.24) is 15.2 Å². The highest BCUT2D eigenvalue weighted by Crippen LogP contribution is 2.26. The molecule has 1 heterocycles. The molecule has 0 spiro atoms. The van der Waals surface area contributed by atoms with E-state index in [9.17, 15) is 9.50 Å². The number of aromatic nitrogens is 3. The van der Waals surface area contributed by atoms with Gasteiger partial charge in [-0.05, 0) is 22.0 Å². The molecule has 78 valence electrons. The third kappa shape index (κ3) is 1.91. The number of aliphatic hydroxyl groups excluding tert-OH is 1. The highest BCUT2D eigenvalue weighted by Gasteiger charge is 2.18. The zero-order valence-electron chi connectivity index (χ0n) is 7.48. The molecule has 2 rings (SSSR count). The number of aromatic amines is 1. The van der Waals surface area contributed by atoms with Crippen molar-refractivity contribution in [2.45, 2.75) is 6.10 Å². The van der Waals surface area contributed by atoms with E-state index in [1.54, 1.807) is 12.1 Å². The highest BCUT2D eigenvalue weighted by molar-refractivity contribution is 9.10. The molecular formula is C9H7BrFN3O. The van der Waals surface area contributed by atoms with Gasteiger partial charge in [0.2, 0.25) is 0 Å². The fourth-order valence-electron chi connectivity index (χ4n) is 1.23. The molecule has 0 bridgehead atoms. The summed E-state index contributed by atoms with van der Waals surface area (Å²) in [5, 5.41) is 15.9. The minimum absolute atomic E-state index is 0.154. The lowest BCUT2D eigenvalue weighted by molar-refractivity contribution is 0.205. The number of halogens is 2. The van der Waals surface area contributed by atoms with E-state index in [0.29, 0.717) is 4.47 Å². The Labute approximate surface area is 93.3 Å². The summed E-state index contributed by atoms with van der Waals surface area (Å²) in [5.41, 5.74) is 0.154. The van der Waals surface area contributed by atoms with Crippen LogP contribution >= 0.6 is 15.9 Å². The van der Waals surface area contributed by atoms with Crippen LogP contribution in [0.1, 0.15) is 17.5 Å². The van der Waals surface area contributed by atoms with E-state index >= 15 is 0 Å². The second kappa shape index (κ2) is 4.08. The minimum Gasteiger partial charge on any atom is -0.380 e. The van der Waals surface area contributed by atoms with Crippen LogP contribution in [0.3, 0.4) is 0 Å². The summed E-state index contributed by atoms with van der Waals surface area (Å²) >= 11 is 3.05. The van der Waals surface area contributed by atoms with Crippen LogP contribution in [0.25, 0.3) is 0 Å². The maximum absolute atomic E-state index is 13.6. The molecule has 0 saturated carbocycles. The second-order valence-corrected chi connectivity index (χ2v) is 3.77. The second-order valence-electron chi connectivity index (χ2n) is 2.92. The Morgan fingerprint density at radius 2 is 2.27 bits per heavy atom. The number of rotatable bonds is 2. The fourth-order valence-corrected chi connectivity index (χ4v) is 1.61. The zero-order valence-corrected chi connectivity index (χ0v) is 9.07. The summed E-state index contributed by atoms with van der Waals surface area (Å²) < 4.78 is 13.9. The molecule has 0 aliphatic rings. The number of hydrogen-bond donors (Lipinski definition) is 2. The Balaban J connectivity index is 2.42. The molecule has 0 aliphatic carbocycles. The minimum atomic E-state index is -1.13. The quantitative estimate of drug-likeness (QED) is 0.876. The normalized spacial score (nSPS) is 12.7. The summed E-state index contributed by atoms with van der Waals surface area (Å²) in [5.74, 6) is -0.284. The standard InChI is InChI=1S/C9H7BrFN3O/c10-6-3-1-2-5(7(6)11)8(15)9-12-4-13-14-9/h1-4,8,15H,(H,12,13,14). The number of H-pyrrole nitrogens is 1. The molecule has 2 aromatic rings. The van der Waals surface area contributed by atoms with Crippen LogP contribution in [-0.2, 0) is 0 Å². The van der Waals surface area contributed by atoms with Crippen molar-refractivity contribution in [1.29, 1.82) is 0 Å². The first-order valence-electron chi connectivity index (χ1n) is 4.17. The summed E-state index contributed by atoms with van der Waals surface area (Å²) in [7, 11) is 0. The van der Waals surface area contributed by atoms with Crippen LogP contribution in [0.4, 0.5) is 4.39 Å². The van der Waals surface area contributed by atoms with Gasteiger partial charge in [-0.1, -0.05) is 12.1 Å². The molecule has 6 heteroatoms. The first kappa shape index (κ1) is 10.3. The maximum Gasteiger partial charge on any atom is 0.157 e. The molecule has 0 aliphatic heterocycles. The summed E-state index contributed by atoms with van der Waals surface area (Å²) in [6.45, 7) is 0. The van der Waals surface area contributed by atoms with Gasteiger partial charge >= 0.3 is 0 Å². The van der Waals surface area contributed by atoms with E-state index in [1.807, 2.05) is 0 Å². The largest absolute Gasteiger partial charge is 0.380 e. The highest BCUT2D eigenvalue weighted by atomic mass is 79.9. The fraction of sp³-hybridized carbons (Fsp3) is 0.111. The Morgan fingerprint density at radius 3 is 2.93 bits per heavy atom. The van der Waals surface area contributed by atoms with Crippen LogP contribution < -0.4 is 0 Å². The topological polar surface area (TPSA) is 61.8 Å². The van der Waals surface area contributed by atoms with Gasteiger partial charge in [-0.2, -0.15) is 5.10 Å². The molecule has 15 heavy (non-hydrogen) atoms. The summed E-state index contributed by atoms with van der Waals surface area (Å²) in [4.78, 5) is 3.76. The van der Waals surface area contributed by atoms with Crippen LogP contribution in [0.5, 0.6) is 0 Å². The molecule has 2 N–H and O–H groups in total. The number of benzene rings is 1. The molecule has 1 aromatic carbocycles. The monoisotopic (exact) mass is 271 g/mol. The third-order valence-electron chi connectivity index (χ3n) is 1.97. The number of nitrogens with one attached hydrogen (secondary N) is 1. The van der Waals surface area contributed by atoms with Gasteiger partial charge in [0.05, 0.1) is 4.47 Å². The van der Waals surface area contributed by atoms with Crippen molar-refractivity contribution >= 4 is 15.9 Å². The molecule has 1 aromatic heterocycles. The molecular weight excluding hydrogens is 265 g/mol. The first-order valence-corrected chi connectivity index (χ1v) is 4.96. The van der Waals surface area contributed by atoms with Gasteiger partial charge < -0.3 is 5.11 Å². The van der Waals surface area contributed by atoms with Gasteiger partial charge in [-0.15, -0.1) is 0 Å². The van der Waals surface area contributed by atoms with Crippen molar-refractivity contribution in [3.8, 4) is 0 Å². The molecule has 0 radical (unpaired) electrons. The van der Waals surface area contributed by atoms with E-state index in [1.165, 1.54) is 12.4 Å². The molecule has 4 nitrogen and oxygen atoms in total. The third-order valence-corrected chi connectivity index (χ3v) is 2.58. The van der Waals surface area contributed by atoms with Crippen molar-refractivity contribution < 1.29 is 9.50 Å². The Morgan fingerprint density at radius 1 is 1.47 bits per heavy atom. The van der Waals surface area contributed by atoms with Gasteiger partial charge in [-0.3, -0.25) is 5.10 Å². The average molecular weight is 272 g/mol. The Hall–Kier alpha value is -1.27. The van der Waals surface area contributed by atoms with Crippen molar-refractivity contribution in [3.63, 3.8) is 0 Å². The van der Waals surface area contributed by atoms with E-state index in [4.69, 9.17) is 0 Å². The lowest BCUT2D eigenvalue weighted by Gasteiger charge is -2.09. The van der Waals surface area contributed by atoms with Crippen LogP contribution in [0, 0.1) is 5.82 Å². The van der Waals surface area contributed by atoms with E-state index in [0.717, 1.165) is 0 Å². The van der Waals surface area contributed by atoms with E-state index in [-0.39, 0.29) is 11.4 Å². The van der Waals surface area contributed by atoms with E-state index in [2.05, 4.69) is 31.1 Å². The molecule has 0 amide bonds. The predicted molar refractivity (Wildman–Crippen MR) is 54.5 cm³/mol. The van der Waals surface area contributed by atoms with Crippen molar-refractivity contribution in [2.75, 3.05) is 0 Å². The molecule has 0 saturated heterocycles. The van der Waals surface area contributed by atoms with Crippen molar-refractivity contribution in [3.05, 3.63) is 46.2 Å². The first-order chi connectivity index (χ1) is 7.20. The van der Waals surface area contributed by atoms with Crippen LogP contribution in [0.2, 0.25) is 0 Å². The molecule has 1 atom stereocenters. The predicted octanol–water partition coefficient (Wildman–Crippen LogP) is 1.79. The van der Waals surface area contributed by atoms with Gasteiger partial charge in [0.1, 0.15) is 18.2 Å². The Bertz CT molecular complexity index is 460. The summed E-state index contributed by atoms with van der Waals surface area (Å²) in [6.07, 6.45) is 0.124. The lowest BCUT2D eigenvalue weighted by atomic mass is 10.1. The van der Waals surface area contributed by atoms with Gasteiger partial charge in [-0.25, -0.2) is 9.37 Å². The number of aliphatic hydroxyl groups is 1.